The molecule has 0 unspecified atom stereocenters. The predicted molar refractivity (Wildman–Crippen MR) is 177 cm³/mol. The number of aromatic carboxylic acids is 1. The lowest BCUT2D eigenvalue weighted by Crippen LogP contribution is -1.98. The first-order valence-electron chi connectivity index (χ1n) is 14.5. The number of phenolic OH excluding ortho intramolecular Hbond substituents is 1. The van der Waals surface area contributed by atoms with E-state index in [0.29, 0.717) is 5.56 Å². The second-order valence-corrected chi connectivity index (χ2v) is 11.8. The molecule has 5 aromatic carbocycles. The summed E-state index contributed by atoms with van der Waals surface area (Å²) in [6.07, 6.45) is 0. The molecule has 0 saturated carbocycles. The van der Waals surface area contributed by atoms with Crippen LogP contribution in [-0.4, -0.2) is 27.1 Å². The highest BCUT2D eigenvalue weighted by atomic mass is 16.4. The van der Waals surface area contributed by atoms with Crippen molar-refractivity contribution < 1.29 is 24.9 Å². The maximum atomic E-state index is 11.8. The van der Waals surface area contributed by atoms with E-state index in [4.69, 9.17) is 0 Å². The van der Waals surface area contributed by atoms with Crippen LogP contribution in [0.15, 0.2) is 72.8 Å². The SMILES string of the molecule is CC(=O)c1ccc(-c2cc(C)c(-c3cc(C)c(-c4cc(C)c(-c5ccc(C(=O)O)c(O)c5)cc4C)cc3C)cc2C)cc1O. The summed E-state index contributed by atoms with van der Waals surface area (Å²) in [5.41, 5.74) is 15.0. The number of carbonyl (C=O) groups is 2. The number of carboxylic acid groups (broad SMARTS) is 1. The van der Waals surface area contributed by atoms with Gasteiger partial charge in [0.05, 0.1) is 5.56 Å². The van der Waals surface area contributed by atoms with Gasteiger partial charge in [0.1, 0.15) is 17.1 Å². The molecule has 3 N–H and O–H groups in total. The summed E-state index contributed by atoms with van der Waals surface area (Å²) >= 11 is 0. The summed E-state index contributed by atoms with van der Waals surface area (Å²) in [5, 5.41) is 29.9. The lowest BCUT2D eigenvalue weighted by atomic mass is 9.85. The molecule has 0 bridgehead atoms. The molecule has 0 heterocycles. The molecule has 0 atom stereocenters. The van der Waals surface area contributed by atoms with Gasteiger partial charge in [-0.05, 0) is 151 Å². The number of hydrogen-bond acceptors (Lipinski definition) is 4. The van der Waals surface area contributed by atoms with Crippen LogP contribution >= 0.6 is 0 Å². The van der Waals surface area contributed by atoms with Crippen molar-refractivity contribution in [1.29, 1.82) is 0 Å². The van der Waals surface area contributed by atoms with Gasteiger partial charge in [-0.2, -0.15) is 0 Å². The molecule has 0 aliphatic heterocycles. The number of rotatable bonds is 6. The van der Waals surface area contributed by atoms with Crippen molar-refractivity contribution in [2.45, 2.75) is 48.5 Å². The normalized spacial score (nSPS) is 11.1. The number of carbonyl (C=O) groups excluding carboxylic acids is 1. The molecule has 5 heteroatoms. The van der Waals surface area contributed by atoms with Gasteiger partial charge in [-0.3, -0.25) is 4.79 Å². The van der Waals surface area contributed by atoms with Gasteiger partial charge in [-0.1, -0.05) is 48.5 Å². The standard InChI is InChI=1S/C39H36O5/c1-20-14-33(22(3)12-31(20)27-8-10-29(26(7)40)37(41)18-27)35-16-25(6)36(17-24(35)5)34-15-21(2)32(13-23(34)4)28-9-11-30(39(43)44)38(42)19-28/h8-19,41-42H,1-7H3,(H,43,44). The Labute approximate surface area is 258 Å². The number of aromatic hydroxyl groups is 2. The fourth-order valence-electron chi connectivity index (χ4n) is 6.11. The van der Waals surface area contributed by atoms with Crippen LogP contribution in [0.25, 0.3) is 44.5 Å². The van der Waals surface area contributed by atoms with Crippen LogP contribution in [-0.2, 0) is 0 Å². The molecule has 0 aliphatic rings. The smallest absolute Gasteiger partial charge is 0.339 e. The second-order valence-electron chi connectivity index (χ2n) is 11.8. The van der Waals surface area contributed by atoms with E-state index >= 15 is 0 Å². The highest BCUT2D eigenvalue weighted by Crippen LogP contribution is 2.40. The average Bonchev–Trinajstić information content (AvgIpc) is 2.95. The molecule has 44 heavy (non-hydrogen) atoms. The summed E-state index contributed by atoms with van der Waals surface area (Å²) in [6.45, 7) is 14.0. The second kappa shape index (κ2) is 11.5. The fraction of sp³-hybridized carbons (Fsp3) is 0.179. The van der Waals surface area contributed by atoms with E-state index in [9.17, 15) is 24.9 Å². The molecule has 0 aromatic heterocycles. The van der Waals surface area contributed by atoms with Gasteiger partial charge in [0, 0.05) is 0 Å². The summed E-state index contributed by atoms with van der Waals surface area (Å²) in [6, 6.07) is 23.0. The van der Waals surface area contributed by atoms with Gasteiger partial charge in [0.15, 0.2) is 5.78 Å². The molecule has 222 valence electrons. The van der Waals surface area contributed by atoms with E-state index < -0.39 is 5.97 Å². The summed E-state index contributed by atoms with van der Waals surface area (Å²) in [7, 11) is 0. The molecule has 5 nitrogen and oxygen atoms in total. The van der Waals surface area contributed by atoms with Crippen LogP contribution < -0.4 is 0 Å². The van der Waals surface area contributed by atoms with Crippen molar-refractivity contribution >= 4 is 11.8 Å². The minimum absolute atomic E-state index is 0.00834. The van der Waals surface area contributed by atoms with Crippen LogP contribution in [0.3, 0.4) is 0 Å². The Balaban J connectivity index is 1.52. The quantitative estimate of drug-likeness (QED) is 0.173. The summed E-state index contributed by atoms with van der Waals surface area (Å²) in [5.74, 6) is -1.58. The fourth-order valence-corrected chi connectivity index (χ4v) is 6.11. The van der Waals surface area contributed by atoms with Crippen molar-refractivity contribution in [3.05, 3.63) is 117 Å². The minimum Gasteiger partial charge on any atom is -0.507 e. The zero-order chi connectivity index (χ0) is 32.0. The van der Waals surface area contributed by atoms with Gasteiger partial charge in [0.2, 0.25) is 0 Å². The molecule has 0 radical (unpaired) electrons. The summed E-state index contributed by atoms with van der Waals surface area (Å²) < 4.78 is 0. The minimum atomic E-state index is -1.16. The maximum Gasteiger partial charge on any atom is 0.339 e. The molecule has 5 aromatic rings. The molecule has 0 amide bonds. The number of Topliss-reactive ketones (excluding diaryl/α,β-unsaturated/α-hetero) is 1. The van der Waals surface area contributed by atoms with Crippen LogP contribution in [0.2, 0.25) is 0 Å². The number of phenols is 2. The third kappa shape index (κ3) is 5.49. The number of aryl methyl sites for hydroxylation is 6. The first-order chi connectivity index (χ1) is 20.8. The van der Waals surface area contributed by atoms with Crippen molar-refractivity contribution in [1.82, 2.24) is 0 Å². The Morgan fingerprint density at radius 3 is 1.05 bits per heavy atom. The lowest BCUT2D eigenvalue weighted by molar-refractivity contribution is 0.0693. The highest BCUT2D eigenvalue weighted by Gasteiger charge is 2.17. The van der Waals surface area contributed by atoms with Crippen molar-refractivity contribution in [2.75, 3.05) is 0 Å². The Morgan fingerprint density at radius 2 is 0.750 bits per heavy atom. The van der Waals surface area contributed by atoms with E-state index in [1.165, 1.54) is 19.1 Å². The van der Waals surface area contributed by atoms with E-state index in [-0.39, 0.29) is 22.8 Å². The average molecular weight is 585 g/mol. The Bertz CT molecular complexity index is 1850. The van der Waals surface area contributed by atoms with Gasteiger partial charge in [-0.25, -0.2) is 4.79 Å². The Kier molecular flexibility index (Phi) is 7.92. The van der Waals surface area contributed by atoms with Gasteiger partial charge < -0.3 is 15.3 Å². The Morgan fingerprint density at radius 1 is 0.455 bits per heavy atom. The van der Waals surface area contributed by atoms with Gasteiger partial charge >= 0.3 is 5.97 Å². The van der Waals surface area contributed by atoms with E-state index in [1.54, 1.807) is 18.2 Å². The first kappa shape index (κ1) is 30.3. The topological polar surface area (TPSA) is 94.8 Å². The van der Waals surface area contributed by atoms with Crippen LogP contribution in [0, 0.1) is 41.5 Å². The van der Waals surface area contributed by atoms with E-state index in [1.807, 2.05) is 13.0 Å². The molecular formula is C39H36O5. The molecular weight excluding hydrogens is 548 g/mol. The molecule has 0 spiro atoms. The first-order valence-corrected chi connectivity index (χ1v) is 14.5. The zero-order valence-corrected chi connectivity index (χ0v) is 26.1. The largest absolute Gasteiger partial charge is 0.507 e. The van der Waals surface area contributed by atoms with Gasteiger partial charge in [0.25, 0.3) is 0 Å². The molecule has 0 aliphatic carbocycles. The number of ketones is 1. The monoisotopic (exact) mass is 584 g/mol. The third-order valence-corrected chi connectivity index (χ3v) is 8.52. The number of hydrogen-bond donors (Lipinski definition) is 3. The third-order valence-electron chi connectivity index (χ3n) is 8.52. The van der Waals surface area contributed by atoms with Gasteiger partial charge in [-0.15, -0.1) is 0 Å². The molecule has 5 rings (SSSR count). The highest BCUT2D eigenvalue weighted by molar-refractivity contribution is 5.97. The number of carboxylic acids is 1. The van der Waals surface area contributed by atoms with Crippen LogP contribution in [0.1, 0.15) is 61.0 Å². The van der Waals surface area contributed by atoms with Crippen molar-refractivity contribution in [3.63, 3.8) is 0 Å². The summed E-state index contributed by atoms with van der Waals surface area (Å²) in [4.78, 5) is 23.1. The van der Waals surface area contributed by atoms with E-state index in [0.717, 1.165) is 77.9 Å². The van der Waals surface area contributed by atoms with E-state index in [2.05, 4.69) is 71.0 Å². The molecule has 0 fully saturated rings. The maximum absolute atomic E-state index is 11.8. The van der Waals surface area contributed by atoms with Crippen molar-refractivity contribution in [3.8, 4) is 56.0 Å². The zero-order valence-electron chi connectivity index (χ0n) is 26.1. The van der Waals surface area contributed by atoms with Crippen LogP contribution in [0.4, 0.5) is 0 Å². The lowest BCUT2D eigenvalue weighted by Gasteiger charge is -2.19. The van der Waals surface area contributed by atoms with Crippen molar-refractivity contribution in [2.24, 2.45) is 0 Å². The molecule has 0 saturated heterocycles. The predicted octanol–water partition coefficient (Wildman–Crippen LogP) is 9.52. The number of benzene rings is 5. The van der Waals surface area contributed by atoms with Crippen LogP contribution in [0.5, 0.6) is 11.5 Å². The Hall–Kier alpha value is -5.16.